The highest BCUT2D eigenvalue weighted by Gasteiger charge is 2.30. The number of alkyl halides is 3. The van der Waals surface area contributed by atoms with E-state index < -0.39 is 35.4 Å². The van der Waals surface area contributed by atoms with Crippen molar-refractivity contribution in [2.75, 3.05) is 13.1 Å². The zero-order chi connectivity index (χ0) is 23.9. The molecule has 1 unspecified atom stereocenters. The molecule has 0 amide bonds. The number of aliphatic hydroxyl groups is 1. The number of rotatable bonds is 8. The Labute approximate surface area is 184 Å². The Hall–Kier alpha value is -2.91. The number of aliphatic hydroxyl groups excluding tert-OH is 1. The Morgan fingerprint density at radius 3 is 2.28 bits per heavy atom. The molecule has 0 aliphatic carbocycles. The fraction of sp³-hybridized carbons (Fsp3) is 0.391. The summed E-state index contributed by atoms with van der Waals surface area (Å²) in [5.41, 5.74) is -0.708. The van der Waals surface area contributed by atoms with Crippen LogP contribution in [0.3, 0.4) is 0 Å². The van der Waals surface area contributed by atoms with Crippen molar-refractivity contribution < 1.29 is 37.3 Å². The van der Waals surface area contributed by atoms with E-state index in [9.17, 15) is 27.9 Å². The van der Waals surface area contributed by atoms with E-state index in [1.165, 1.54) is 24.3 Å². The summed E-state index contributed by atoms with van der Waals surface area (Å²) >= 11 is 0. The maximum atomic E-state index is 12.8. The van der Waals surface area contributed by atoms with E-state index in [0.717, 1.165) is 12.1 Å². The van der Waals surface area contributed by atoms with Crippen LogP contribution in [0, 0.1) is 0 Å². The molecule has 0 saturated carbocycles. The second-order valence-corrected chi connectivity index (χ2v) is 8.15. The predicted molar refractivity (Wildman–Crippen MR) is 111 cm³/mol. The molecule has 0 fully saturated rings. The van der Waals surface area contributed by atoms with Crippen LogP contribution in [-0.2, 0) is 26.9 Å². The van der Waals surface area contributed by atoms with E-state index in [4.69, 9.17) is 9.47 Å². The molecular formula is C23H26F3NO5. The SMILES string of the molecule is CC(C)(C)OC(=O)CNCC(O)c1ccc(OC(=O)Cc2cccc(C(F)(F)F)c2)cc1. The molecule has 32 heavy (non-hydrogen) atoms. The monoisotopic (exact) mass is 453 g/mol. The first-order valence-corrected chi connectivity index (χ1v) is 9.91. The van der Waals surface area contributed by atoms with Crippen LogP contribution in [0.15, 0.2) is 48.5 Å². The smallest absolute Gasteiger partial charge is 0.416 e. The first-order chi connectivity index (χ1) is 14.8. The van der Waals surface area contributed by atoms with E-state index in [2.05, 4.69) is 5.32 Å². The number of esters is 2. The molecule has 0 bridgehead atoms. The summed E-state index contributed by atoms with van der Waals surface area (Å²) in [5, 5.41) is 13.0. The van der Waals surface area contributed by atoms with Crippen LogP contribution in [0.4, 0.5) is 13.2 Å². The number of carbonyl (C=O) groups is 2. The quantitative estimate of drug-likeness (QED) is 0.467. The van der Waals surface area contributed by atoms with E-state index in [0.29, 0.717) is 5.56 Å². The van der Waals surface area contributed by atoms with E-state index in [1.807, 2.05) is 0 Å². The third-order valence-electron chi connectivity index (χ3n) is 4.13. The van der Waals surface area contributed by atoms with Gasteiger partial charge >= 0.3 is 18.1 Å². The summed E-state index contributed by atoms with van der Waals surface area (Å²) in [6.45, 7) is 5.32. The molecule has 2 rings (SSSR count). The third kappa shape index (κ3) is 8.68. The van der Waals surface area contributed by atoms with Gasteiger partial charge in [-0.2, -0.15) is 13.2 Å². The van der Waals surface area contributed by atoms with Crippen LogP contribution >= 0.6 is 0 Å². The number of halogens is 3. The third-order valence-corrected chi connectivity index (χ3v) is 4.13. The lowest BCUT2D eigenvalue weighted by atomic mass is 10.1. The van der Waals surface area contributed by atoms with Crippen LogP contribution < -0.4 is 10.1 Å². The van der Waals surface area contributed by atoms with Gasteiger partial charge in [-0.25, -0.2) is 0 Å². The van der Waals surface area contributed by atoms with Gasteiger partial charge in [0.2, 0.25) is 0 Å². The highest BCUT2D eigenvalue weighted by atomic mass is 19.4. The lowest BCUT2D eigenvalue weighted by Crippen LogP contribution is -2.33. The van der Waals surface area contributed by atoms with Crippen LogP contribution in [0.25, 0.3) is 0 Å². The lowest BCUT2D eigenvalue weighted by Gasteiger charge is -2.20. The maximum absolute atomic E-state index is 12.8. The fourth-order valence-electron chi connectivity index (χ4n) is 2.76. The molecule has 0 heterocycles. The fourth-order valence-corrected chi connectivity index (χ4v) is 2.76. The van der Waals surface area contributed by atoms with Crippen molar-refractivity contribution in [1.29, 1.82) is 0 Å². The van der Waals surface area contributed by atoms with Gasteiger partial charge in [0.25, 0.3) is 0 Å². The molecule has 0 aliphatic heterocycles. The number of hydrogen-bond donors (Lipinski definition) is 2. The van der Waals surface area contributed by atoms with Crippen LogP contribution in [0.2, 0.25) is 0 Å². The zero-order valence-corrected chi connectivity index (χ0v) is 18.0. The Balaban J connectivity index is 1.84. The first-order valence-electron chi connectivity index (χ1n) is 9.91. The average Bonchev–Trinajstić information content (AvgIpc) is 2.66. The van der Waals surface area contributed by atoms with Crippen molar-refractivity contribution in [3.63, 3.8) is 0 Å². The molecule has 0 saturated heterocycles. The average molecular weight is 453 g/mol. The summed E-state index contributed by atoms with van der Waals surface area (Å²) in [7, 11) is 0. The molecule has 9 heteroatoms. The summed E-state index contributed by atoms with van der Waals surface area (Å²) in [6, 6.07) is 10.5. The molecule has 0 radical (unpaired) electrons. The topological polar surface area (TPSA) is 84.9 Å². The van der Waals surface area contributed by atoms with E-state index in [-0.39, 0.29) is 30.8 Å². The second-order valence-electron chi connectivity index (χ2n) is 8.15. The van der Waals surface area contributed by atoms with Gasteiger partial charge in [0.15, 0.2) is 0 Å². The minimum Gasteiger partial charge on any atom is -0.459 e. The number of benzene rings is 2. The maximum Gasteiger partial charge on any atom is 0.416 e. The van der Waals surface area contributed by atoms with Gasteiger partial charge in [-0.05, 0) is 50.1 Å². The molecule has 0 spiro atoms. The normalized spacial score (nSPS) is 12.8. The summed E-state index contributed by atoms with van der Waals surface area (Å²) < 4.78 is 48.6. The Kier molecular flexibility index (Phi) is 8.40. The lowest BCUT2D eigenvalue weighted by molar-refractivity contribution is -0.153. The molecular weight excluding hydrogens is 427 g/mol. The van der Waals surface area contributed by atoms with Crippen molar-refractivity contribution in [2.24, 2.45) is 0 Å². The zero-order valence-electron chi connectivity index (χ0n) is 18.0. The van der Waals surface area contributed by atoms with Gasteiger partial charge in [-0.3, -0.25) is 9.59 Å². The van der Waals surface area contributed by atoms with Crippen molar-refractivity contribution in [1.82, 2.24) is 5.32 Å². The summed E-state index contributed by atoms with van der Waals surface area (Å²) in [6.07, 6.45) is -5.71. The largest absolute Gasteiger partial charge is 0.459 e. The Morgan fingerprint density at radius 2 is 1.69 bits per heavy atom. The standard InChI is InChI=1S/C23H26F3NO5/c1-22(2,3)32-21(30)14-27-13-19(28)16-7-9-18(10-8-16)31-20(29)12-15-5-4-6-17(11-15)23(24,25)26/h4-11,19,27-28H,12-14H2,1-3H3. The highest BCUT2D eigenvalue weighted by molar-refractivity contribution is 5.75. The molecule has 1 atom stereocenters. The molecule has 2 N–H and O–H groups in total. The van der Waals surface area contributed by atoms with Gasteiger partial charge in [0.1, 0.15) is 11.4 Å². The molecule has 6 nitrogen and oxygen atoms in total. The van der Waals surface area contributed by atoms with E-state index in [1.54, 1.807) is 32.9 Å². The van der Waals surface area contributed by atoms with Gasteiger partial charge in [-0.15, -0.1) is 0 Å². The predicted octanol–water partition coefficient (Wildman–Crippen LogP) is 3.82. The van der Waals surface area contributed by atoms with Crippen molar-refractivity contribution >= 4 is 11.9 Å². The molecule has 2 aromatic rings. The number of hydrogen-bond acceptors (Lipinski definition) is 6. The highest BCUT2D eigenvalue weighted by Crippen LogP contribution is 2.29. The van der Waals surface area contributed by atoms with Crippen molar-refractivity contribution in [2.45, 2.75) is 45.1 Å². The molecule has 0 aromatic heterocycles. The summed E-state index contributed by atoms with van der Waals surface area (Å²) in [5.74, 6) is -0.955. The minimum absolute atomic E-state index is 0.0560. The minimum atomic E-state index is -4.49. The van der Waals surface area contributed by atoms with Gasteiger partial charge < -0.3 is 19.9 Å². The first kappa shape index (κ1) is 25.4. The molecule has 174 valence electrons. The van der Waals surface area contributed by atoms with Gasteiger partial charge in [-0.1, -0.05) is 30.3 Å². The summed E-state index contributed by atoms with van der Waals surface area (Å²) in [4.78, 5) is 23.7. The van der Waals surface area contributed by atoms with Gasteiger partial charge in [0, 0.05) is 6.54 Å². The van der Waals surface area contributed by atoms with E-state index >= 15 is 0 Å². The second kappa shape index (κ2) is 10.6. The molecule has 2 aromatic carbocycles. The number of ether oxygens (including phenoxy) is 2. The van der Waals surface area contributed by atoms with Gasteiger partial charge in [0.05, 0.1) is 24.6 Å². The Morgan fingerprint density at radius 1 is 1.03 bits per heavy atom. The molecule has 0 aliphatic rings. The van der Waals surface area contributed by atoms with Crippen LogP contribution in [-0.4, -0.2) is 35.7 Å². The van der Waals surface area contributed by atoms with Crippen molar-refractivity contribution in [3.05, 3.63) is 65.2 Å². The van der Waals surface area contributed by atoms with Crippen LogP contribution in [0.5, 0.6) is 5.75 Å². The van der Waals surface area contributed by atoms with Crippen molar-refractivity contribution in [3.8, 4) is 5.75 Å². The Bertz CT molecular complexity index is 920. The number of nitrogens with one attached hydrogen (secondary N) is 1. The van der Waals surface area contributed by atoms with Crippen LogP contribution in [0.1, 0.15) is 43.6 Å². The number of carbonyl (C=O) groups excluding carboxylic acids is 2.